The van der Waals surface area contributed by atoms with Gasteiger partial charge in [-0.1, -0.05) is 6.07 Å². The third kappa shape index (κ3) is 1.20. The van der Waals surface area contributed by atoms with Crippen LogP contribution < -0.4 is 0 Å². The third-order valence-corrected chi connectivity index (χ3v) is 1.99. The van der Waals surface area contributed by atoms with Gasteiger partial charge in [0.25, 0.3) is 0 Å². The fraction of sp³-hybridized carbons (Fsp3) is 0.200. The molecule has 0 fully saturated rings. The van der Waals surface area contributed by atoms with Crippen molar-refractivity contribution in [1.29, 1.82) is 0 Å². The summed E-state index contributed by atoms with van der Waals surface area (Å²) in [5.41, 5.74) is 1.83. The molecule has 0 saturated carbocycles. The minimum absolute atomic E-state index is 0.0214. The Bertz CT molecular complexity index is 329. The zero-order valence-electron chi connectivity index (χ0n) is 6.50. The van der Waals surface area contributed by atoms with Gasteiger partial charge in [-0.25, -0.2) is 0 Å². The highest BCUT2D eigenvalue weighted by atomic mass is 16.3. The van der Waals surface area contributed by atoms with Gasteiger partial charge in [0.1, 0.15) is 11.5 Å². The monoisotopic (exact) mass is 160 g/mol. The van der Waals surface area contributed by atoms with Gasteiger partial charge in [0, 0.05) is 6.42 Å². The molecule has 0 saturated heterocycles. The predicted octanol–water partition coefficient (Wildman–Crippen LogP) is 1.34. The van der Waals surface area contributed by atoms with Crippen molar-refractivity contribution in [2.75, 3.05) is 0 Å². The van der Waals surface area contributed by atoms with E-state index in [2.05, 4.69) is 6.42 Å². The van der Waals surface area contributed by atoms with E-state index in [1.54, 1.807) is 12.1 Å². The average molecular weight is 160 g/mol. The van der Waals surface area contributed by atoms with Crippen molar-refractivity contribution >= 4 is 5.78 Å². The zero-order chi connectivity index (χ0) is 8.55. The molecule has 1 aliphatic rings. The zero-order valence-corrected chi connectivity index (χ0v) is 6.50. The second-order valence-corrected chi connectivity index (χ2v) is 2.89. The fourth-order valence-corrected chi connectivity index (χ4v) is 1.36. The molecule has 1 aromatic carbocycles. The van der Waals surface area contributed by atoms with E-state index in [0.717, 1.165) is 17.5 Å². The summed E-state index contributed by atoms with van der Waals surface area (Å²) in [6.07, 6.45) is 4.01. The Morgan fingerprint density at radius 1 is 1.33 bits per heavy atom. The summed E-state index contributed by atoms with van der Waals surface area (Å²) in [4.78, 5) is 10.9. The van der Waals surface area contributed by atoms with Crippen LogP contribution in [0.25, 0.3) is 0 Å². The summed E-state index contributed by atoms with van der Waals surface area (Å²) < 4.78 is 0. The standard InChI is InChI=1S/C10H8O2/c11-9-3-1-7-2-4-10(12)6-8(7)5-9/h1,3,5,11H,2,4H2. The highest BCUT2D eigenvalue weighted by Crippen LogP contribution is 2.24. The fourth-order valence-electron chi connectivity index (χ4n) is 1.36. The number of phenols is 1. The number of phenolic OH excluding ortho intramolecular Hbond substituents is 1. The molecule has 0 amide bonds. The number of ketones is 1. The lowest BCUT2D eigenvalue weighted by Crippen LogP contribution is -2.10. The van der Waals surface area contributed by atoms with Crippen LogP contribution in [-0.2, 0) is 11.2 Å². The van der Waals surface area contributed by atoms with Crippen LogP contribution in [0, 0.1) is 6.42 Å². The predicted molar refractivity (Wildman–Crippen MR) is 43.8 cm³/mol. The normalized spacial score (nSPS) is 15.8. The maximum atomic E-state index is 10.9. The van der Waals surface area contributed by atoms with Crippen LogP contribution in [0.2, 0.25) is 0 Å². The van der Waals surface area contributed by atoms with Gasteiger partial charge in [0.05, 0.1) is 6.42 Å². The van der Waals surface area contributed by atoms with Crippen LogP contribution in [0.5, 0.6) is 5.75 Å². The lowest BCUT2D eigenvalue weighted by Gasteiger charge is -2.13. The van der Waals surface area contributed by atoms with Crippen LogP contribution >= 0.6 is 0 Å². The molecule has 12 heavy (non-hydrogen) atoms. The molecule has 0 aliphatic heterocycles. The first-order chi connectivity index (χ1) is 5.75. The van der Waals surface area contributed by atoms with E-state index < -0.39 is 0 Å². The molecule has 0 spiro atoms. The molecule has 1 N–H and O–H groups in total. The van der Waals surface area contributed by atoms with Crippen LogP contribution in [0.1, 0.15) is 17.5 Å². The molecular formula is C10H8O2. The van der Waals surface area contributed by atoms with Crippen molar-refractivity contribution in [3.05, 3.63) is 35.7 Å². The number of aryl methyl sites for hydroxylation is 1. The van der Waals surface area contributed by atoms with Crippen molar-refractivity contribution in [1.82, 2.24) is 0 Å². The summed E-state index contributed by atoms with van der Waals surface area (Å²) in [7, 11) is 0. The molecule has 0 heterocycles. The summed E-state index contributed by atoms with van der Waals surface area (Å²) in [6, 6.07) is 5.05. The van der Waals surface area contributed by atoms with Crippen molar-refractivity contribution in [3.63, 3.8) is 0 Å². The van der Waals surface area contributed by atoms with Crippen LogP contribution in [0.15, 0.2) is 18.2 Å². The molecule has 60 valence electrons. The molecule has 1 aromatic rings. The Balaban J connectivity index is 2.44. The van der Waals surface area contributed by atoms with Gasteiger partial charge >= 0.3 is 0 Å². The molecule has 2 heteroatoms. The third-order valence-electron chi connectivity index (χ3n) is 1.99. The van der Waals surface area contributed by atoms with E-state index in [1.807, 2.05) is 6.07 Å². The largest absolute Gasteiger partial charge is 0.508 e. The number of hydrogen-bond acceptors (Lipinski definition) is 2. The minimum Gasteiger partial charge on any atom is -0.508 e. The quantitative estimate of drug-likeness (QED) is 0.621. The number of carbonyl (C=O) groups excluding carboxylic acids is 1. The lowest BCUT2D eigenvalue weighted by atomic mass is 9.91. The Morgan fingerprint density at radius 3 is 3.00 bits per heavy atom. The molecule has 2 nitrogen and oxygen atoms in total. The summed E-state index contributed by atoms with van der Waals surface area (Å²) in [6.45, 7) is 0. The number of Topliss-reactive ketones (excluding diaryl/α,β-unsaturated/α-hetero) is 1. The highest BCUT2D eigenvalue weighted by Gasteiger charge is 2.16. The number of rotatable bonds is 0. The Morgan fingerprint density at radius 2 is 2.17 bits per heavy atom. The summed E-state index contributed by atoms with van der Waals surface area (Å²) >= 11 is 0. The smallest absolute Gasteiger partial charge is 0.146 e. The van der Waals surface area contributed by atoms with E-state index in [0.29, 0.717) is 6.42 Å². The molecule has 1 aliphatic carbocycles. The van der Waals surface area contributed by atoms with Crippen molar-refractivity contribution in [3.8, 4) is 5.75 Å². The van der Waals surface area contributed by atoms with Crippen molar-refractivity contribution in [2.24, 2.45) is 0 Å². The van der Waals surface area contributed by atoms with E-state index in [-0.39, 0.29) is 11.5 Å². The maximum Gasteiger partial charge on any atom is 0.146 e. The summed E-state index contributed by atoms with van der Waals surface area (Å²) in [5.74, 6) is 0.212. The Hall–Kier alpha value is -1.31. The topological polar surface area (TPSA) is 37.3 Å². The first-order valence-electron chi connectivity index (χ1n) is 3.87. The van der Waals surface area contributed by atoms with E-state index in [4.69, 9.17) is 5.11 Å². The summed E-state index contributed by atoms with van der Waals surface area (Å²) in [5, 5.41) is 9.12. The van der Waals surface area contributed by atoms with Gasteiger partial charge in [-0.15, -0.1) is 0 Å². The second-order valence-electron chi connectivity index (χ2n) is 2.89. The van der Waals surface area contributed by atoms with Gasteiger partial charge in [0.15, 0.2) is 0 Å². The average Bonchev–Trinajstić information content (AvgIpc) is 2.03. The van der Waals surface area contributed by atoms with Crippen molar-refractivity contribution < 1.29 is 9.90 Å². The lowest BCUT2D eigenvalue weighted by molar-refractivity contribution is -0.115. The number of hydrogen-bond donors (Lipinski definition) is 1. The van der Waals surface area contributed by atoms with E-state index >= 15 is 0 Å². The highest BCUT2D eigenvalue weighted by molar-refractivity contribution is 5.92. The van der Waals surface area contributed by atoms with Gasteiger partial charge in [-0.2, -0.15) is 0 Å². The van der Waals surface area contributed by atoms with Gasteiger partial charge in [-0.3, -0.25) is 4.79 Å². The van der Waals surface area contributed by atoms with Gasteiger partial charge in [0.2, 0.25) is 0 Å². The van der Waals surface area contributed by atoms with Crippen LogP contribution in [0.3, 0.4) is 0 Å². The van der Waals surface area contributed by atoms with Crippen molar-refractivity contribution in [2.45, 2.75) is 12.8 Å². The SMILES string of the molecule is O=C1[C]c2cc(O)ccc2CC1. The van der Waals surface area contributed by atoms with E-state index in [1.165, 1.54) is 0 Å². The minimum atomic E-state index is 0.0214. The van der Waals surface area contributed by atoms with E-state index in [9.17, 15) is 4.79 Å². The molecule has 0 unspecified atom stereocenters. The number of aromatic hydroxyl groups is 1. The first kappa shape index (κ1) is 7.35. The second kappa shape index (κ2) is 2.63. The number of fused-ring (bicyclic) bond motifs is 1. The van der Waals surface area contributed by atoms with Crippen LogP contribution in [-0.4, -0.2) is 10.9 Å². The Labute approximate surface area is 70.8 Å². The Kier molecular flexibility index (Phi) is 1.61. The molecule has 0 aromatic heterocycles. The number of carbonyl (C=O) groups is 1. The first-order valence-corrected chi connectivity index (χ1v) is 3.87. The van der Waals surface area contributed by atoms with Gasteiger partial charge in [-0.05, 0) is 29.7 Å². The maximum absolute atomic E-state index is 10.9. The van der Waals surface area contributed by atoms with Gasteiger partial charge < -0.3 is 5.11 Å². The molecule has 0 atom stereocenters. The molecule has 0 bridgehead atoms. The number of benzene rings is 1. The molecule has 2 radical (unpaired) electrons. The molecular weight excluding hydrogens is 152 g/mol. The molecule has 2 rings (SSSR count). The van der Waals surface area contributed by atoms with Crippen LogP contribution in [0.4, 0.5) is 0 Å².